The summed E-state index contributed by atoms with van der Waals surface area (Å²) < 4.78 is 33.9. The summed E-state index contributed by atoms with van der Waals surface area (Å²) in [5.74, 6) is 0.797. The monoisotopic (exact) mass is 602 g/mol. The quantitative estimate of drug-likeness (QED) is 0.212. The highest BCUT2D eigenvalue weighted by Crippen LogP contribution is 2.36. The molecule has 0 aliphatic carbocycles. The molecule has 0 amide bonds. The van der Waals surface area contributed by atoms with E-state index in [1.165, 1.54) is 21.5 Å². The number of ether oxygens (including phenoxy) is 1. The van der Waals surface area contributed by atoms with Crippen LogP contribution in [0.3, 0.4) is 0 Å². The number of hydrogen-bond donors (Lipinski definition) is 1. The molecule has 0 spiro atoms. The lowest BCUT2D eigenvalue weighted by Gasteiger charge is -2.08. The second-order valence-corrected chi connectivity index (χ2v) is 12.4. The van der Waals surface area contributed by atoms with E-state index in [2.05, 4.69) is 25.5 Å². The second kappa shape index (κ2) is 10.9. The van der Waals surface area contributed by atoms with Crippen LogP contribution in [-0.4, -0.2) is 39.7 Å². The van der Waals surface area contributed by atoms with Gasteiger partial charge in [0.05, 0.1) is 35.6 Å². The lowest BCUT2D eigenvalue weighted by Crippen LogP contribution is -2.11. The first-order valence-corrected chi connectivity index (χ1v) is 15.1. The molecule has 0 aliphatic heterocycles. The van der Waals surface area contributed by atoms with E-state index in [0.29, 0.717) is 38.8 Å². The van der Waals surface area contributed by atoms with Gasteiger partial charge < -0.3 is 10.1 Å². The first kappa shape index (κ1) is 26.9. The second-order valence-electron chi connectivity index (χ2n) is 9.23. The van der Waals surface area contributed by atoms with Crippen molar-refractivity contribution in [1.29, 1.82) is 0 Å². The van der Waals surface area contributed by atoms with Crippen molar-refractivity contribution in [2.75, 3.05) is 12.4 Å². The normalized spacial score (nSPS) is 11.6. The van der Waals surface area contributed by atoms with Gasteiger partial charge in [-0.25, -0.2) is 17.4 Å². The zero-order valence-electron chi connectivity index (χ0n) is 21.9. The number of halogens is 1. The summed E-state index contributed by atoms with van der Waals surface area (Å²) >= 11 is 7.55. The van der Waals surface area contributed by atoms with Crippen molar-refractivity contribution >= 4 is 49.0 Å². The van der Waals surface area contributed by atoms with Gasteiger partial charge in [-0.2, -0.15) is 0 Å². The van der Waals surface area contributed by atoms with Crippen LogP contribution in [0.15, 0.2) is 90.2 Å². The van der Waals surface area contributed by atoms with Gasteiger partial charge in [0.15, 0.2) is 0 Å². The van der Waals surface area contributed by atoms with Crippen LogP contribution >= 0.6 is 22.9 Å². The molecular formula is C29H23ClN6O3S2. The molecule has 0 aliphatic rings. The Morgan fingerprint density at radius 1 is 1.00 bits per heavy atom. The van der Waals surface area contributed by atoms with Gasteiger partial charge in [0.1, 0.15) is 15.9 Å². The molecule has 0 radical (unpaired) electrons. The molecule has 41 heavy (non-hydrogen) atoms. The molecule has 3 aromatic heterocycles. The Bertz CT molecular complexity index is 1970. The molecule has 206 valence electrons. The fourth-order valence-electron chi connectivity index (χ4n) is 4.36. The Labute approximate surface area is 245 Å². The summed E-state index contributed by atoms with van der Waals surface area (Å²) in [5.41, 5.74) is 4.36. The number of anilines is 1. The van der Waals surface area contributed by atoms with Gasteiger partial charge in [0, 0.05) is 29.3 Å². The van der Waals surface area contributed by atoms with Crippen molar-refractivity contribution in [3.63, 3.8) is 0 Å². The zero-order valence-corrected chi connectivity index (χ0v) is 24.3. The highest BCUT2D eigenvalue weighted by molar-refractivity contribution is 7.90. The Morgan fingerprint density at radius 2 is 1.78 bits per heavy atom. The average Bonchev–Trinajstić information content (AvgIpc) is 3.62. The van der Waals surface area contributed by atoms with E-state index in [-0.39, 0.29) is 10.0 Å². The van der Waals surface area contributed by atoms with Crippen molar-refractivity contribution in [2.45, 2.75) is 18.4 Å². The fourth-order valence-corrected chi connectivity index (χ4v) is 6.62. The molecule has 0 saturated carbocycles. The number of aryl methyl sites for hydroxylation is 1. The molecule has 9 nitrogen and oxygen atoms in total. The third-order valence-electron chi connectivity index (χ3n) is 6.50. The Kier molecular flexibility index (Phi) is 7.16. The van der Waals surface area contributed by atoms with Gasteiger partial charge in [-0.3, -0.25) is 4.98 Å². The van der Waals surface area contributed by atoms with Gasteiger partial charge >= 0.3 is 0 Å². The van der Waals surface area contributed by atoms with Gasteiger partial charge in [0.25, 0.3) is 10.0 Å². The maximum Gasteiger partial charge on any atom is 0.268 e. The summed E-state index contributed by atoms with van der Waals surface area (Å²) in [6, 6.07) is 20.0. The zero-order chi connectivity index (χ0) is 28.6. The van der Waals surface area contributed by atoms with Gasteiger partial charge in [-0.1, -0.05) is 52.8 Å². The van der Waals surface area contributed by atoms with Crippen molar-refractivity contribution in [2.24, 2.45) is 0 Å². The van der Waals surface area contributed by atoms with Gasteiger partial charge in [0.2, 0.25) is 5.13 Å². The molecule has 12 heteroatoms. The molecule has 0 fully saturated rings. The topological polar surface area (TPSA) is 112 Å². The summed E-state index contributed by atoms with van der Waals surface area (Å²) in [5, 5.41) is 14.2. The molecule has 0 saturated heterocycles. The third-order valence-corrected chi connectivity index (χ3v) is 9.30. The Morgan fingerprint density at radius 3 is 2.51 bits per heavy atom. The molecule has 0 unspecified atom stereocenters. The summed E-state index contributed by atoms with van der Waals surface area (Å²) in [7, 11) is -2.26. The molecule has 3 heterocycles. The maximum absolute atomic E-state index is 13.7. The van der Waals surface area contributed by atoms with Crippen molar-refractivity contribution in [1.82, 2.24) is 24.1 Å². The highest BCUT2D eigenvalue weighted by Gasteiger charge is 2.23. The van der Waals surface area contributed by atoms with Crippen LogP contribution in [0.5, 0.6) is 5.75 Å². The van der Waals surface area contributed by atoms with Crippen LogP contribution in [0.1, 0.15) is 11.1 Å². The van der Waals surface area contributed by atoms with E-state index < -0.39 is 10.0 Å². The summed E-state index contributed by atoms with van der Waals surface area (Å²) in [6.45, 7) is 2.49. The van der Waals surface area contributed by atoms with E-state index in [0.717, 1.165) is 22.4 Å². The van der Waals surface area contributed by atoms with Crippen LogP contribution in [-0.2, 0) is 16.6 Å². The molecular weight excluding hydrogens is 580 g/mol. The number of nitrogens with one attached hydrogen (secondary N) is 1. The summed E-state index contributed by atoms with van der Waals surface area (Å²) in [4.78, 5) is 8.74. The number of hydrogen-bond acceptors (Lipinski definition) is 9. The number of nitrogens with zero attached hydrogens (tertiary/aromatic N) is 5. The molecule has 1 N–H and O–H groups in total. The highest BCUT2D eigenvalue weighted by atomic mass is 35.5. The maximum atomic E-state index is 13.7. The standard InChI is InChI=1S/C29H23ClN6O3S2/c1-18-3-10-22(11-4-18)41(37,38)36-17-24(25-15-31-16-27(30)33-25)23-13-20(7-12-26(23)36)28-34-35-29(40-28)32-14-19-5-8-21(39-2)9-6-19/h3-13,15-17H,14H2,1-2H3,(H,32,35). The predicted molar refractivity (Wildman–Crippen MR) is 161 cm³/mol. The minimum atomic E-state index is -3.90. The Hall–Kier alpha value is -4.32. The Balaban J connectivity index is 1.38. The van der Waals surface area contributed by atoms with E-state index in [9.17, 15) is 8.42 Å². The average molecular weight is 603 g/mol. The van der Waals surface area contributed by atoms with Crippen LogP contribution in [0.4, 0.5) is 5.13 Å². The van der Waals surface area contributed by atoms with Gasteiger partial charge in [-0.05, 0) is 55.0 Å². The largest absolute Gasteiger partial charge is 0.497 e. The minimum absolute atomic E-state index is 0.185. The molecule has 3 aromatic carbocycles. The number of benzene rings is 3. The molecule has 0 bridgehead atoms. The molecule has 6 aromatic rings. The van der Waals surface area contributed by atoms with Crippen LogP contribution in [0.2, 0.25) is 5.15 Å². The number of methoxy groups -OCH3 is 1. The van der Waals surface area contributed by atoms with Crippen LogP contribution in [0.25, 0.3) is 32.7 Å². The third kappa shape index (κ3) is 5.39. The number of aromatic nitrogens is 5. The fraction of sp³-hybridized carbons (Fsp3) is 0.103. The minimum Gasteiger partial charge on any atom is -0.497 e. The lowest BCUT2D eigenvalue weighted by atomic mass is 10.1. The van der Waals surface area contributed by atoms with Crippen molar-refractivity contribution < 1.29 is 13.2 Å². The van der Waals surface area contributed by atoms with E-state index in [1.54, 1.807) is 49.8 Å². The number of rotatable bonds is 8. The SMILES string of the molecule is COc1ccc(CNc2nnc(-c3ccc4c(c3)c(-c3cncc(Cl)n3)cn4S(=O)(=O)c3ccc(C)cc3)s2)cc1. The van der Waals surface area contributed by atoms with Gasteiger partial charge in [-0.15, -0.1) is 10.2 Å². The first-order chi connectivity index (χ1) is 19.8. The lowest BCUT2D eigenvalue weighted by molar-refractivity contribution is 0.414. The van der Waals surface area contributed by atoms with E-state index in [1.807, 2.05) is 43.3 Å². The van der Waals surface area contributed by atoms with E-state index >= 15 is 0 Å². The molecule has 6 rings (SSSR count). The molecule has 0 atom stereocenters. The van der Waals surface area contributed by atoms with Crippen LogP contribution < -0.4 is 10.1 Å². The summed E-state index contributed by atoms with van der Waals surface area (Å²) in [6.07, 6.45) is 4.55. The predicted octanol–water partition coefficient (Wildman–Crippen LogP) is 6.44. The van der Waals surface area contributed by atoms with Crippen molar-refractivity contribution in [3.05, 3.63) is 102 Å². The van der Waals surface area contributed by atoms with Crippen LogP contribution in [0, 0.1) is 6.92 Å². The number of fused-ring (bicyclic) bond motifs is 1. The van der Waals surface area contributed by atoms with Crippen molar-refractivity contribution in [3.8, 4) is 27.6 Å². The first-order valence-electron chi connectivity index (χ1n) is 12.5. The smallest absolute Gasteiger partial charge is 0.268 e. The van der Waals surface area contributed by atoms with E-state index in [4.69, 9.17) is 16.3 Å².